The molecule has 0 fully saturated rings. The zero-order chi connectivity index (χ0) is 8.74. The van der Waals surface area contributed by atoms with Crippen LogP contribution in [0.25, 0.3) is 0 Å². The van der Waals surface area contributed by atoms with E-state index in [0.29, 0.717) is 19.8 Å². The van der Waals surface area contributed by atoms with Gasteiger partial charge in [0.05, 0.1) is 0 Å². The first-order valence-corrected chi connectivity index (χ1v) is 7.77. The highest BCUT2D eigenvalue weighted by Crippen LogP contribution is 2.16. The third-order valence-electron chi connectivity index (χ3n) is 0.950. The van der Waals surface area contributed by atoms with Crippen molar-refractivity contribution >= 4 is 22.7 Å². The van der Waals surface area contributed by atoms with E-state index in [0.717, 1.165) is 0 Å². The molecule has 0 N–H and O–H groups in total. The van der Waals surface area contributed by atoms with Crippen LogP contribution in [0.5, 0.6) is 0 Å². The molecule has 0 saturated heterocycles. The van der Waals surface area contributed by atoms with Gasteiger partial charge in [-0.1, -0.05) is 0 Å². The lowest BCUT2D eigenvalue weighted by atomic mass is 10.9. The Morgan fingerprint density at radius 3 is 1.36 bits per heavy atom. The van der Waals surface area contributed by atoms with Gasteiger partial charge in [-0.2, -0.15) is 0 Å². The molecule has 0 atom stereocenters. The van der Waals surface area contributed by atoms with Crippen molar-refractivity contribution < 1.29 is 13.3 Å². The molecule has 0 rings (SSSR count). The highest BCUT2D eigenvalue weighted by atomic mass is 79.9. The Hall–Kier alpha value is 0.577. The quantitative estimate of drug-likeness (QED) is 0.527. The molecule has 68 valence electrons. The van der Waals surface area contributed by atoms with E-state index in [9.17, 15) is 0 Å². The van der Waals surface area contributed by atoms with Crippen molar-refractivity contribution in [3.63, 3.8) is 0 Å². The first kappa shape index (κ1) is 11.6. The van der Waals surface area contributed by atoms with Crippen LogP contribution in [0.15, 0.2) is 0 Å². The van der Waals surface area contributed by atoms with Crippen LogP contribution in [0.4, 0.5) is 0 Å². The van der Waals surface area contributed by atoms with Gasteiger partial charge in [0, 0.05) is 19.8 Å². The van der Waals surface area contributed by atoms with E-state index in [2.05, 4.69) is 15.3 Å². The SMILES string of the molecule is CCO[Si](Br)(OCC)OCC. The minimum absolute atomic E-state index is 0.609. The van der Waals surface area contributed by atoms with Crippen LogP contribution >= 0.6 is 15.3 Å². The van der Waals surface area contributed by atoms with Gasteiger partial charge in [-0.05, 0) is 36.1 Å². The van der Waals surface area contributed by atoms with E-state index in [1.165, 1.54) is 0 Å². The maximum Gasteiger partial charge on any atom is 0.580 e. The summed E-state index contributed by atoms with van der Waals surface area (Å²) in [5, 5.41) is 0. The average Bonchev–Trinajstić information content (AvgIpc) is 1.88. The van der Waals surface area contributed by atoms with E-state index in [4.69, 9.17) is 13.3 Å². The van der Waals surface area contributed by atoms with E-state index in [1.54, 1.807) is 0 Å². The van der Waals surface area contributed by atoms with Gasteiger partial charge in [0.15, 0.2) is 0 Å². The summed E-state index contributed by atoms with van der Waals surface area (Å²) in [6.45, 7) is 7.58. The van der Waals surface area contributed by atoms with Crippen molar-refractivity contribution in [2.45, 2.75) is 20.8 Å². The van der Waals surface area contributed by atoms with E-state index in [-0.39, 0.29) is 0 Å². The van der Waals surface area contributed by atoms with Crippen molar-refractivity contribution in [1.82, 2.24) is 0 Å². The molecule has 0 heterocycles. The Morgan fingerprint density at radius 2 is 1.18 bits per heavy atom. The van der Waals surface area contributed by atoms with Crippen LogP contribution in [0.2, 0.25) is 0 Å². The summed E-state index contributed by atoms with van der Waals surface area (Å²) in [6, 6.07) is 0. The highest BCUT2D eigenvalue weighted by molar-refractivity contribution is 9.25. The Labute approximate surface area is 77.0 Å². The van der Waals surface area contributed by atoms with Crippen molar-refractivity contribution in [1.29, 1.82) is 0 Å². The third kappa shape index (κ3) is 4.92. The fourth-order valence-corrected chi connectivity index (χ4v) is 3.99. The molecule has 0 aromatic carbocycles. The molecule has 5 heteroatoms. The molecule has 0 spiro atoms. The summed E-state index contributed by atoms with van der Waals surface area (Å²) in [5.41, 5.74) is 0. The maximum absolute atomic E-state index is 5.32. The van der Waals surface area contributed by atoms with Gasteiger partial charge in [-0.25, -0.2) is 0 Å². The zero-order valence-corrected chi connectivity index (χ0v) is 9.81. The van der Waals surface area contributed by atoms with Crippen LogP contribution < -0.4 is 0 Å². The van der Waals surface area contributed by atoms with Gasteiger partial charge in [0.25, 0.3) is 0 Å². The van der Waals surface area contributed by atoms with E-state index in [1.807, 2.05) is 20.8 Å². The predicted octanol–water partition coefficient (Wildman–Crippen LogP) is 1.93. The molecular formula is C6H15BrO3Si. The highest BCUT2D eigenvalue weighted by Gasteiger charge is 2.37. The van der Waals surface area contributed by atoms with E-state index < -0.39 is 7.42 Å². The Balaban J connectivity index is 3.79. The smallest absolute Gasteiger partial charge is 0.365 e. The molecule has 0 aliphatic rings. The number of rotatable bonds is 6. The average molecular weight is 243 g/mol. The Morgan fingerprint density at radius 1 is 0.909 bits per heavy atom. The van der Waals surface area contributed by atoms with Crippen LogP contribution in [-0.4, -0.2) is 27.2 Å². The van der Waals surface area contributed by atoms with E-state index >= 15 is 0 Å². The summed E-state index contributed by atoms with van der Waals surface area (Å²) in [6.07, 6.45) is 0. The van der Waals surface area contributed by atoms with Crippen molar-refractivity contribution in [3.05, 3.63) is 0 Å². The monoisotopic (exact) mass is 242 g/mol. The Kier molecular flexibility index (Phi) is 6.45. The molecular weight excluding hydrogens is 228 g/mol. The van der Waals surface area contributed by atoms with Gasteiger partial charge < -0.3 is 13.3 Å². The molecule has 0 bridgehead atoms. The summed E-state index contributed by atoms with van der Waals surface area (Å²) in [7, 11) is -2.44. The molecule has 3 nitrogen and oxygen atoms in total. The molecule has 0 aliphatic carbocycles. The second-order valence-corrected chi connectivity index (χ2v) is 6.52. The molecule has 0 amide bonds. The maximum atomic E-state index is 5.32. The molecule has 0 saturated carbocycles. The van der Waals surface area contributed by atoms with Crippen molar-refractivity contribution in [3.8, 4) is 0 Å². The Bertz CT molecular complexity index is 84.8. The first-order chi connectivity index (χ1) is 5.18. The molecule has 0 unspecified atom stereocenters. The fraction of sp³-hybridized carbons (Fsp3) is 1.00. The minimum Gasteiger partial charge on any atom is -0.365 e. The van der Waals surface area contributed by atoms with Gasteiger partial charge in [0.1, 0.15) is 0 Å². The summed E-state index contributed by atoms with van der Waals surface area (Å²) >= 11 is 3.34. The second kappa shape index (κ2) is 6.13. The lowest BCUT2D eigenvalue weighted by Gasteiger charge is -2.21. The topological polar surface area (TPSA) is 27.7 Å². The number of hydrogen-bond acceptors (Lipinski definition) is 3. The molecule has 0 aliphatic heterocycles. The van der Waals surface area contributed by atoms with Gasteiger partial charge in [0.2, 0.25) is 0 Å². The van der Waals surface area contributed by atoms with Crippen LogP contribution in [0, 0.1) is 0 Å². The predicted molar refractivity (Wildman–Crippen MR) is 49.6 cm³/mol. The summed E-state index contributed by atoms with van der Waals surface area (Å²) in [5.74, 6) is 0. The van der Waals surface area contributed by atoms with Crippen LogP contribution in [0.3, 0.4) is 0 Å². The first-order valence-electron chi connectivity index (χ1n) is 3.79. The molecule has 0 aromatic rings. The fourth-order valence-electron chi connectivity index (χ4n) is 0.642. The summed E-state index contributed by atoms with van der Waals surface area (Å²) < 4.78 is 16.0. The second-order valence-electron chi connectivity index (χ2n) is 1.78. The number of hydrogen-bond donors (Lipinski definition) is 0. The molecule has 0 aromatic heterocycles. The lowest BCUT2D eigenvalue weighted by Crippen LogP contribution is -2.39. The summed E-state index contributed by atoms with van der Waals surface area (Å²) in [4.78, 5) is 0. The third-order valence-corrected chi connectivity index (χ3v) is 4.91. The number of halogens is 1. The van der Waals surface area contributed by atoms with Gasteiger partial charge in [-0.3, -0.25) is 0 Å². The standard InChI is InChI=1S/C6H15BrO3Si/c1-4-8-11(7,9-5-2)10-6-3/h4-6H2,1-3H3. The zero-order valence-electron chi connectivity index (χ0n) is 7.22. The normalized spacial score (nSPS) is 12.0. The minimum atomic E-state index is -2.44. The van der Waals surface area contributed by atoms with Gasteiger partial charge in [-0.15, -0.1) is 0 Å². The van der Waals surface area contributed by atoms with Crippen LogP contribution in [0.1, 0.15) is 20.8 Å². The van der Waals surface area contributed by atoms with Crippen LogP contribution in [-0.2, 0) is 13.3 Å². The lowest BCUT2D eigenvalue weighted by molar-refractivity contribution is 0.0987. The van der Waals surface area contributed by atoms with Gasteiger partial charge >= 0.3 is 7.42 Å². The van der Waals surface area contributed by atoms with Crippen molar-refractivity contribution in [2.24, 2.45) is 0 Å². The largest absolute Gasteiger partial charge is 0.580 e. The molecule has 0 radical (unpaired) electrons. The molecule has 11 heavy (non-hydrogen) atoms. The van der Waals surface area contributed by atoms with Crippen molar-refractivity contribution in [2.75, 3.05) is 19.8 Å².